The number of aromatic amines is 1. The summed E-state index contributed by atoms with van der Waals surface area (Å²) in [5, 5.41) is 16.1. The van der Waals surface area contributed by atoms with Crippen molar-refractivity contribution in [2.24, 2.45) is 5.92 Å². The molecule has 8 heteroatoms. The Labute approximate surface area is 204 Å². The van der Waals surface area contributed by atoms with Gasteiger partial charge in [-0.15, -0.1) is 16.4 Å². The number of fused-ring (bicyclic) bond motifs is 1. The highest BCUT2D eigenvalue weighted by Gasteiger charge is 2.34. The lowest BCUT2D eigenvalue weighted by molar-refractivity contribution is 0.119. The summed E-state index contributed by atoms with van der Waals surface area (Å²) < 4.78 is 1.97. The van der Waals surface area contributed by atoms with E-state index in [-0.39, 0.29) is 23.1 Å². The molecule has 0 spiro atoms. The molecule has 7 nitrogen and oxygen atoms in total. The maximum atomic E-state index is 13.1. The number of aryl methyl sites for hydroxylation is 1. The molecule has 0 aliphatic rings. The second-order valence-corrected chi connectivity index (χ2v) is 11.0. The first kappa shape index (κ1) is 24.3. The molecule has 0 unspecified atom stereocenters. The maximum Gasteiger partial charge on any atom is 0.252 e. The van der Waals surface area contributed by atoms with E-state index in [2.05, 4.69) is 90.5 Å². The number of aromatic nitrogens is 5. The summed E-state index contributed by atoms with van der Waals surface area (Å²) in [6, 6.07) is 12.3. The van der Waals surface area contributed by atoms with Crippen molar-refractivity contribution in [2.45, 2.75) is 72.6 Å². The molecule has 180 valence electrons. The third kappa shape index (κ3) is 4.98. The summed E-state index contributed by atoms with van der Waals surface area (Å²) in [6.07, 6.45) is 0.907. The Balaban J connectivity index is 1.80. The minimum absolute atomic E-state index is 0.0523. The molecule has 3 aromatic heterocycles. The van der Waals surface area contributed by atoms with E-state index in [0.717, 1.165) is 28.7 Å². The smallest absolute Gasteiger partial charge is 0.252 e. The van der Waals surface area contributed by atoms with Crippen molar-refractivity contribution in [1.82, 2.24) is 30.1 Å². The molecule has 1 aromatic carbocycles. The second kappa shape index (κ2) is 9.80. The molecule has 0 radical (unpaired) electrons. The van der Waals surface area contributed by atoms with Crippen LogP contribution in [0.25, 0.3) is 10.9 Å². The summed E-state index contributed by atoms with van der Waals surface area (Å²) in [7, 11) is 0. The van der Waals surface area contributed by atoms with Crippen LogP contribution >= 0.6 is 11.3 Å². The monoisotopic (exact) mass is 478 g/mol. The Hall–Kier alpha value is -2.84. The normalized spacial score (nSPS) is 13.3. The Morgan fingerprint density at radius 2 is 1.97 bits per heavy atom. The Morgan fingerprint density at radius 3 is 2.65 bits per heavy atom. The molecule has 34 heavy (non-hydrogen) atoms. The predicted octanol–water partition coefficient (Wildman–Crippen LogP) is 5.43. The van der Waals surface area contributed by atoms with E-state index in [4.69, 9.17) is 0 Å². The standard InChI is InChI=1S/C26H34N6OS/c1-7-26(5,6)32-24(28-29-30-32)23(17(2)3)31(16-21-9-8-12-34-21)15-20-14-19-13-18(4)10-11-22(19)27-25(20)33/h8-14,17,23H,7,15-16H2,1-6H3,(H,27,33)/t23-/m1/s1. The summed E-state index contributed by atoms with van der Waals surface area (Å²) in [5.74, 6) is 1.07. The van der Waals surface area contributed by atoms with Gasteiger partial charge in [-0.1, -0.05) is 38.5 Å². The van der Waals surface area contributed by atoms with Crippen LogP contribution in [0.1, 0.15) is 68.9 Å². The summed E-state index contributed by atoms with van der Waals surface area (Å²) in [4.78, 5) is 19.7. The highest BCUT2D eigenvalue weighted by Crippen LogP contribution is 2.33. The number of pyridine rings is 1. The van der Waals surface area contributed by atoms with Crippen LogP contribution in [0.3, 0.4) is 0 Å². The van der Waals surface area contributed by atoms with Gasteiger partial charge in [0.05, 0.1) is 11.6 Å². The van der Waals surface area contributed by atoms with E-state index >= 15 is 0 Å². The summed E-state index contributed by atoms with van der Waals surface area (Å²) in [5.41, 5.74) is 2.51. The molecule has 0 aliphatic heterocycles. The van der Waals surface area contributed by atoms with Crippen LogP contribution in [-0.2, 0) is 18.6 Å². The van der Waals surface area contributed by atoms with Crippen LogP contribution in [0.4, 0.5) is 0 Å². The van der Waals surface area contributed by atoms with Crippen LogP contribution in [0.15, 0.2) is 46.6 Å². The Kier molecular flexibility index (Phi) is 7.00. The fourth-order valence-electron chi connectivity index (χ4n) is 4.41. The van der Waals surface area contributed by atoms with Crippen molar-refractivity contribution in [3.05, 3.63) is 74.0 Å². The largest absolute Gasteiger partial charge is 0.322 e. The average molecular weight is 479 g/mol. The molecule has 4 aromatic rings. The van der Waals surface area contributed by atoms with E-state index in [9.17, 15) is 4.79 Å². The minimum Gasteiger partial charge on any atom is -0.322 e. The fraction of sp³-hybridized carbons (Fsp3) is 0.462. The molecule has 0 saturated heterocycles. The zero-order valence-corrected chi connectivity index (χ0v) is 21.7. The van der Waals surface area contributed by atoms with Gasteiger partial charge < -0.3 is 4.98 Å². The van der Waals surface area contributed by atoms with Gasteiger partial charge in [-0.2, -0.15) is 0 Å². The molecule has 1 atom stereocenters. The summed E-state index contributed by atoms with van der Waals surface area (Å²) in [6.45, 7) is 14.1. The van der Waals surface area contributed by atoms with Crippen molar-refractivity contribution in [2.75, 3.05) is 0 Å². The van der Waals surface area contributed by atoms with E-state index in [1.165, 1.54) is 10.4 Å². The molecular formula is C26H34N6OS. The minimum atomic E-state index is -0.210. The topological polar surface area (TPSA) is 79.7 Å². The van der Waals surface area contributed by atoms with Crippen molar-refractivity contribution < 1.29 is 0 Å². The van der Waals surface area contributed by atoms with Crippen LogP contribution in [0.2, 0.25) is 0 Å². The van der Waals surface area contributed by atoms with Crippen LogP contribution in [0, 0.1) is 12.8 Å². The average Bonchev–Trinajstić information content (AvgIpc) is 3.47. The van der Waals surface area contributed by atoms with Gasteiger partial charge in [0.25, 0.3) is 5.56 Å². The Bertz CT molecular complexity index is 1300. The van der Waals surface area contributed by atoms with Gasteiger partial charge in [0, 0.05) is 29.0 Å². The molecule has 4 rings (SSSR count). The van der Waals surface area contributed by atoms with Crippen molar-refractivity contribution >= 4 is 22.2 Å². The fourth-order valence-corrected chi connectivity index (χ4v) is 5.13. The zero-order chi connectivity index (χ0) is 24.5. The number of tetrazole rings is 1. The molecule has 0 fully saturated rings. The van der Waals surface area contributed by atoms with Gasteiger partial charge in [-0.3, -0.25) is 9.69 Å². The van der Waals surface area contributed by atoms with Crippen LogP contribution in [-0.4, -0.2) is 30.1 Å². The highest BCUT2D eigenvalue weighted by molar-refractivity contribution is 7.09. The number of thiophene rings is 1. The maximum absolute atomic E-state index is 13.1. The third-order valence-electron chi connectivity index (χ3n) is 6.61. The van der Waals surface area contributed by atoms with E-state index in [0.29, 0.717) is 13.1 Å². The molecule has 0 aliphatic carbocycles. The van der Waals surface area contributed by atoms with Crippen LogP contribution < -0.4 is 5.56 Å². The lowest BCUT2D eigenvalue weighted by Gasteiger charge is -2.35. The number of rotatable bonds is 9. The van der Waals surface area contributed by atoms with Crippen LogP contribution in [0.5, 0.6) is 0 Å². The third-order valence-corrected chi connectivity index (χ3v) is 7.47. The number of H-pyrrole nitrogens is 1. The lowest BCUT2D eigenvalue weighted by atomic mass is 9.97. The van der Waals surface area contributed by atoms with Gasteiger partial charge in [-0.25, -0.2) is 4.68 Å². The highest BCUT2D eigenvalue weighted by atomic mass is 32.1. The van der Waals surface area contributed by atoms with Gasteiger partial charge >= 0.3 is 0 Å². The van der Waals surface area contributed by atoms with Gasteiger partial charge in [-0.05, 0) is 78.6 Å². The SMILES string of the molecule is CCC(C)(C)n1nnnc1[C@@H](C(C)C)N(Cc1cccs1)Cc1cc2cc(C)ccc2[nH]c1=O. The number of nitrogens with zero attached hydrogens (tertiary/aromatic N) is 5. The number of benzene rings is 1. The molecule has 3 heterocycles. The Morgan fingerprint density at radius 1 is 1.18 bits per heavy atom. The van der Waals surface area contributed by atoms with Gasteiger partial charge in [0.1, 0.15) is 0 Å². The van der Waals surface area contributed by atoms with Crippen molar-refractivity contribution in [3.63, 3.8) is 0 Å². The lowest BCUT2D eigenvalue weighted by Crippen LogP contribution is -2.38. The molecule has 0 saturated carbocycles. The number of hydrogen-bond donors (Lipinski definition) is 1. The first-order valence-corrected chi connectivity index (χ1v) is 12.8. The predicted molar refractivity (Wildman–Crippen MR) is 138 cm³/mol. The molecule has 0 bridgehead atoms. The van der Waals surface area contributed by atoms with E-state index in [1.54, 1.807) is 11.3 Å². The van der Waals surface area contributed by atoms with Gasteiger partial charge in [0.2, 0.25) is 0 Å². The van der Waals surface area contributed by atoms with E-state index < -0.39 is 0 Å². The van der Waals surface area contributed by atoms with Crippen molar-refractivity contribution in [3.8, 4) is 0 Å². The summed E-state index contributed by atoms with van der Waals surface area (Å²) >= 11 is 1.73. The first-order valence-electron chi connectivity index (χ1n) is 11.9. The number of nitrogens with one attached hydrogen (secondary N) is 1. The number of hydrogen-bond acceptors (Lipinski definition) is 6. The van der Waals surface area contributed by atoms with Crippen molar-refractivity contribution in [1.29, 1.82) is 0 Å². The second-order valence-electron chi connectivity index (χ2n) is 10.0. The quantitative estimate of drug-likeness (QED) is 0.347. The first-order chi connectivity index (χ1) is 16.2. The van der Waals surface area contributed by atoms with E-state index in [1.807, 2.05) is 22.9 Å². The molecule has 0 amide bonds. The molecule has 1 N–H and O–H groups in total. The molecular weight excluding hydrogens is 444 g/mol. The zero-order valence-electron chi connectivity index (χ0n) is 20.9. The van der Waals surface area contributed by atoms with Gasteiger partial charge in [0.15, 0.2) is 5.82 Å².